The van der Waals surface area contributed by atoms with Crippen molar-refractivity contribution >= 4 is 0 Å². The third-order valence-electron chi connectivity index (χ3n) is 2.31. The van der Waals surface area contributed by atoms with Crippen molar-refractivity contribution in [3.63, 3.8) is 0 Å². The summed E-state index contributed by atoms with van der Waals surface area (Å²) in [7, 11) is 1.53. The molecular formula is C11H12FN3O. The monoisotopic (exact) mass is 221 g/mol. The maximum absolute atomic E-state index is 13.8. The number of rotatable bonds is 3. The van der Waals surface area contributed by atoms with Gasteiger partial charge < -0.3 is 10.5 Å². The molecule has 0 aliphatic rings. The molecule has 0 amide bonds. The Balaban J connectivity index is 2.54. The second-order valence-electron chi connectivity index (χ2n) is 3.25. The molecule has 1 aromatic carbocycles. The van der Waals surface area contributed by atoms with Gasteiger partial charge in [-0.15, -0.1) is 0 Å². The van der Waals surface area contributed by atoms with E-state index in [1.807, 2.05) is 6.07 Å². The highest BCUT2D eigenvalue weighted by Crippen LogP contribution is 2.23. The molecule has 2 rings (SSSR count). The third-order valence-corrected chi connectivity index (χ3v) is 2.31. The minimum Gasteiger partial charge on any atom is -0.494 e. The molecule has 0 spiro atoms. The topological polar surface area (TPSA) is 53.1 Å². The lowest BCUT2D eigenvalue weighted by Crippen LogP contribution is -2.04. The van der Waals surface area contributed by atoms with E-state index in [0.717, 1.165) is 0 Å². The number of ether oxygens (including phenoxy) is 1. The number of methoxy groups -OCH3 is 1. The summed E-state index contributed by atoms with van der Waals surface area (Å²) in [6.45, 7) is 0.126. The summed E-state index contributed by atoms with van der Waals surface area (Å²) >= 11 is 0. The number of halogens is 1. The second kappa shape index (κ2) is 4.32. The van der Waals surface area contributed by atoms with Gasteiger partial charge >= 0.3 is 0 Å². The van der Waals surface area contributed by atoms with Crippen LogP contribution in [0.4, 0.5) is 4.39 Å². The van der Waals surface area contributed by atoms with Crippen molar-refractivity contribution in [2.24, 2.45) is 5.73 Å². The van der Waals surface area contributed by atoms with Crippen LogP contribution in [0.1, 0.15) is 5.56 Å². The van der Waals surface area contributed by atoms with E-state index in [-0.39, 0.29) is 6.54 Å². The lowest BCUT2D eigenvalue weighted by atomic mass is 10.3. The molecule has 0 saturated carbocycles. The molecule has 4 nitrogen and oxygen atoms in total. The first-order chi connectivity index (χ1) is 7.77. The molecule has 84 valence electrons. The normalized spacial score (nSPS) is 10.4. The molecule has 1 aromatic heterocycles. The van der Waals surface area contributed by atoms with Crippen molar-refractivity contribution in [2.75, 3.05) is 7.11 Å². The third kappa shape index (κ3) is 1.65. The molecule has 0 radical (unpaired) electrons. The number of aromatic nitrogens is 2. The molecular weight excluding hydrogens is 209 g/mol. The number of hydrogen-bond donors (Lipinski definition) is 1. The largest absolute Gasteiger partial charge is 0.494 e. The number of nitrogens with zero attached hydrogens (tertiary/aromatic N) is 2. The Morgan fingerprint density at radius 3 is 2.81 bits per heavy atom. The fourth-order valence-corrected chi connectivity index (χ4v) is 1.48. The molecule has 0 saturated heterocycles. The summed E-state index contributed by atoms with van der Waals surface area (Å²) in [6.07, 6.45) is 1.42. The van der Waals surface area contributed by atoms with Crippen LogP contribution in [0.2, 0.25) is 0 Å². The Morgan fingerprint density at radius 1 is 1.44 bits per heavy atom. The highest BCUT2D eigenvalue weighted by atomic mass is 19.1. The number of para-hydroxylation sites is 2. The molecule has 0 aliphatic carbocycles. The van der Waals surface area contributed by atoms with Crippen LogP contribution in [0.5, 0.6) is 5.75 Å². The Bertz CT molecular complexity index is 496. The van der Waals surface area contributed by atoms with E-state index in [4.69, 9.17) is 10.5 Å². The zero-order valence-corrected chi connectivity index (χ0v) is 8.85. The van der Waals surface area contributed by atoms with Crippen molar-refractivity contribution in [1.29, 1.82) is 0 Å². The summed E-state index contributed by atoms with van der Waals surface area (Å²) in [5.74, 6) is 0.111. The lowest BCUT2D eigenvalue weighted by molar-refractivity contribution is 0.407. The van der Waals surface area contributed by atoms with Crippen LogP contribution in [0, 0.1) is 5.95 Å². The number of hydrogen-bond acceptors (Lipinski definition) is 3. The van der Waals surface area contributed by atoms with E-state index in [2.05, 4.69) is 5.10 Å². The van der Waals surface area contributed by atoms with Gasteiger partial charge in [-0.1, -0.05) is 12.1 Å². The van der Waals surface area contributed by atoms with Gasteiger partial charge in [0, 0.05) is 12.1 Å². The van der Waals surface area contributed by atoms with Crippen molar-refractivity contribution in [1.82, 2.24) is 9.78 Å². The predicted octanol–water partition coefficient (Wildman–Crippen LogP) is 1.48. The van der Waals surface area contributed by atoms with E-state index in [0.29, 0.717) is 17.0 Å². The first-order valence-electron chi connectivity index (χ1n) is 4.83. The van der Waals surface area contributed by atoms with Crippen LogP contribution in [0.25, 0.3) is 5.69 Å². The van der Waals surface area contributed by atoms with Gasteiger partial charge in [0.25, 0.3) is 0 Å². The predicted molar refractivity (Wildman–Crippen MR) is 58.0 cm³/mol. The first-order valence-corrected chi connectivity index (χ1v) is 4.83. The smallest absolute Gasteiger partial charge is 0.220 e. The quantitative estimate of drug-likeness (QED) is 0.854. The molecule has 0 atom stereocenters. The van der Waals surface area contributed by atoms with Gasteiger partial charge in [0.2, 0.25) is 5.95 Å². The minimum absolute atomic E-state index is 0.126. The highest BCUT2D eigenvalue weighted by molar-refractivity contribution is 5.46. The molecule has 0 fully saturated rings. The lowest BCUT2D eigenvalue weighted by Gasteiger charge is -2.08. The molecule has 0 unspecified atom stereocenters. The van der Waals surface area contributed by atoms with Gasteiger partial charge in [0.1, 0.15) is 11.4 Å². The molecule has 0 aliphatic heterocycles. The average Bonchev–Trinajstić information content (AvgIpc) is 2.70. The Morgan fingerprint density at radius 2 is 2.19 bits per heavy atom. The van der Waals surface area contributed by atoms with Crippen molar-refractivity contribution in [3.05, 3.63) is 42.0 Å². The van der Waals surface area contributed by atoms with Gasteiger partial charge in [-0.3, -0.25) is 0 Å². The Labute approximate surface area is 92.4 Å². The van der Waals surface area contributed by atoms with E-state index in [1.165, 1.54) is 18.0 Å². The van der Waals surface area contributed by atoms with Crippen LogP contribution < -0.4 is 10.5 Å². The van der Waals surface area contributed by atoms with Gasteiger partial charge in [-0.05, 0) is 12.1 Å². The van der Waals surface area contributed by atoms with Crippen LogP contribution in [0.3, 0.4) is 0 Å². The van der Waals surface area contributed by atoms with Crippen molar-refractivity contribution in [3.8, 4) is 11.4 Å². The Hall–Kier alpha value is -1.88. The van der Waals surface area contributed by atoms with Gasteiger partial charge in [-0.25, -0.2) is 4.68 Å². The number of benzene rings is 1. The molecule has 1 heterocycles. The zero-order chi connectivity index (χ0) is 11.5. The average molecular weight is 221 g/mol. The standard InChI is InChI=1S/C11H12FN3O/c1-16-10-5-3-2-4-9(10)15-11(12)8(6-13)7-14-15/h2-5,7H,6,13H2,1H3. The van der Waals surface area contributed by atoms with Crippen LogP contribution in [-0.4, -0.2) is 16.9 Å². The van der Waals surface area contributed by atoms with Gasteiger partial charge in [-0.2, -0.15) is 9.49 Å². The fraction of sp³-hybridized carbons (Fsp3) is 0.182. The molecule has 2 N–H and O–H groups in total. The molecule has 16 heavy (non-hydrogen) atoms. The SMILES string of the molecule is COc1ccccc1-n1ncc(CN)c1F. The summed E-state index contributed by atoms with van der Waals surface area (Å²) in [6, 6.07) is 7.09. The second-order valence-corrected chi connectivity index (χ2v) is 3.25. The summed E-state index contributed by atoms with van der Waals surface area (Å²) in [5, 5.41) is 3.95. The van der Waals surface area contributed by atoms with E-state index in [1.54, 1.807) is 18.2 Å². The first kappa shape index (κ1) is 10.6. The van der Waals surface area contributed by atoms with Crippen LogP contribution >= 0.6 is 0 Å². The zero-order valence-electron chi connectivity index (χ0n) is 8.85. The van der Waals surface area contributed by atoms with Gasteiger partial charge in [0.15, 0.2) is 0 Å². The summed E-state index contributed by atoms with van der Waals surface area (Å²) in [4.78, 5) is 0. The molecule has 2 aromatic rings. The molecule has 5 heteroatoms. The fourth-order valence-electron chi connectivity index (χ4n) is 1.48. The van der Waals surface area contributed by atoms with Crippen molar-refractivity contribution in [2.45, 2.75) is 6.54 Å². The highest BCUT2D eigenvalue weighted by Gasteiger charge is 2.13. The van der Waals surface area contributed by atoms with E-state index in [9.17, 15) is 4.39 Å². The minimum atomic E-state index is -0.452. The van der Waals surface area contributed by atoms with E-state index >= 15 is 0 Å². The maximum atomic E-state index is 13.8. The Kier molecular flexibility index (Phi) is 2.87. The van der Waals surface area contributed by atoms with Crippen LogP contribution in [-0.2, 0) is 6.54 Å². The number of nitrogens with two attached hydrogens (primary N) is 1. The summed E-state index contributed by atoms with van der Waals surface area (Å²) < 4.78 is 20.1. The summed E-state index contributed by atoms with van der Waals surface area (Å²) in [5.41, 5.74) is 6.33. The van der Waals surface area contributed by atoms with Gasteiger partial charge in [0.05, 0.1) is 13.3 Å². The van der Waals surface area contributed by atoms with E-state index < -0.39 is 5.95 Å². The van der Waals surface area contributed by atoms with Crippen LogP contribution in [0.15, 0.2) is 30.5 Å². The van der Waals surface area contributed by atoms with Crippen molar-refractivity contribution < 1.29 is 9.13 Å². The molecule has 0 bridgehead atoms. The maximum Gasteiger partial charge on any atom is 0.220 e.